The van der Waals surface area contributed by atoms with Gasteiger partial charge in [-0.25, -0.2) is 0 Å². The lowest BCUT2D eigenvalue weighted by atomic mass is 10.2. The van der Waals surface area contributed by atoms with E-state index in [0.717, 1.165) is 12.8 Å². The SMILES string of the molecule is Cn1nnc(C(=O)C2CC2)n1. The molecule has 0 saturated heterocycles. The minimum atomic E-state index is 0.0399. The topological polar surface area (TPSA) is 60.7 Å². The van der Waals surface area contributed by atoms with Crippen molar-refractivity contribution < 1.29 is 4.79 Å². The first-order valence-corrected chi connectivity index (χ1v) is 3.55. The van der Waals surface area contributed by atoms with E-state index in [0.29, 0.717) is 0 Å². The highest BCUT2D eigenvalue weighted by molar-refractivity contribution is 5.95. The Balaban J connectivity index is 2.21. The maximum Gasteiger partial charge on any atom is 0.240 e. The van der Waals surface area contributed by atoms with Gasteiger partial charge >= 0.3 is 0 Å². The van der Waals surface area contributed by atoms with Crippen LogP contribution in [0.15, 0.2) is 0 Å². The summed E-state index contributed by atoms with van der Waals surface area (Å²) in [6.07, 6.45) is 1.97. The standard InChI is InChI=1S/C6H8N4O/c1-10-8-6(7-9-10)5(11)4-2-3-4/h4H,2-3H2,1H3. The van der Waals surface area contributed by atoms with Crippen LogP contribution in [0, 0.1) is 5.92 Å². The van der Waals surface area contributed by atoms with Crippen molar-refractivity contribution in [3.05, 3.63) is 5.82 Å². The summed E-state index contributed by atoms with van der Waals surface area (Å²) in [7, 11) is 1.65. The number of aryl methyl sites for hydroxylation is 1. The number of hydrogen-bond donors (Lipinski definition) is 0. The van der Waals surface area contributed by atoms with Crippen LogP contribution in [0.1, 0.15) is 23.5 Å². The lowest BCUT2D eigenvalue weighted by Gasteiger charge is -1.85. The molecule has 0 N–H and O–H groups in total. The van der Waals surface area contributed by atoms with Crippen LogP contribution in [-0.4, -0.2) is 26.0 Å². The molecule has 11 heavy (non-hydrogen) atoms. The van der Waals surface area contributed by atoms with Gasteiger partial charge in [0.05, 0.1) is 7.05 Å². The second-order valence-electron chi connectivity index (χ2n) is 2.74. The fourth-order valence-corrected chi connectivity index (χ4v) is 0.911. The van der Waals surface area contributed by atoms with Gasteiger partial charge < -0.3 is 0 Å². The van der Waals surface area contributed by atoms with Gasteiger partial charge in [-0.3, -0.25) is 4.79 Å². The van der Waals surface area contributed by atoms with Gasteiger partial charge in [-0.15, -0.1) is 10.2 Å². The van der Waals surface area contributed by atoms with Crippen LogP contribution in [-0.2, 0) is 7.05 Å². The third-order valence-corrected chi connectivity index (χ3v) is 1.68. The molecular formula is C6H8N4O. The van der Waals surface area contributed by atoms with Gasteiger partial charge in [0.1, 0.15) is 0 Å². The summed E-state index contributed by atoms with van der Waals surface area (Å²) in [5, 5.41) is 11.0. The Hall–Kier alpha value is -1.26. The number of ketones is 1. The molecule has 0 spiro atoms. The first-order valence-electron chi connectivity index (χ1n) is 3.55. The number of aromatic nitrogens is 4. The molecule has 2 rings (SSSR count). The van der Waals surface area contributed by atoms with E-state index in [1.165, 1.54) is 4.80 Å². The second-order valence-corrected chi connectivity index (χ2v) is 2.74. The van der Waals surface area contributed by atoms with Gasteiger partial charge in [-0.2, -0.15) is 4.80 Å². The van der Waals surface area contributed by atoms with Crippen LogP contribution < -0.4 is 0 Å². The molecule has 0 amide bonds. The van der Waals surface area contributed by atoms with Crippen LogP contribution in [0.2, 0.25) is 0 Å². The molecular weight excluding hydrogens is 144 g/mol. The highest BCUT2D eigenvalue weighted by Gasteiger charge is 2.32. The van der Waals surface area contributed by atoms with Crippen molar-refractivity contribution in [3.63, 3.8) is 0 Å². The van der Waals surface area contributed by atoms with Crippen molar-refractivity contribution >= 4 is 5.78 Å². The van der Waals surface area contributed by atoms with E-state index in [1.54, 1.807) is 7.05 Å². The number of rotatable bonds is 2. The van der Waals surface area contributed by atoms with Crippen LogP contribution in [0.25, 0.3) is 0 Å². The van der Waals surface area contributed by atoms with E-state index in [9.17, 15) is 4.79 Å². The minimum absolute atomic E-state index is 0.0399. The third kappa shape index (κ3) is 1.13. The van der Waals surface area contributed by atoms with Crippen molar-refractivity contribution in [2.45, 2.75) is 12.8 Å². The number of carbonyl (C=O) groups excluding carboxylic acids is 1. The summed E-state index contributed by atoms with van der Waals surface area (Å²) < 4.78 is 0. The molecule has 5 nitrogen and oxygen atoms in total. The van der Waals surface area contributed by atoms with Crippen LogP contribution in [0.5, 0.6) is 0 Å². The molecule has 1 saturated carbocycles. The Morgan fingerprint density at radius 3 is 2.82 bits per heavy atom. The van der Waals surface area contributed by atoms with E-state index < -0.39 is 0 Å². The molecule has 0 aliphatic heterocycles. The number of Topliss-reactive ketones (excluding diaryl/α,β-unsaturated/α-hetero) is 1. The molecule has 0 unspecified atom stereocenters. The highest BCUT2D eigenvalue weighted by Crippen LogP contribution is 2.31. The smallest absolute Gasteiger partial charge is 0.240 e. The van der Waals surface area contributed by atoms with Gasteiger partial charge in [0.25, 0.3) is 0 Å². The van der Waals surface area contributed by atoms with Gasteiger partial charge in [0.2, 0.25) is 11.6 Å². The second kappa shape index (κ2) is 2.11. The molecule has 1 heterocycles. The Labute approximate surface area is 63.4 Å². The fourth-order valence-electron chi connectivity index (χ4n) is 0.911. The number of nitrogens with zero attached hydrogens (tertiary/aromatic N) is 4. The molecule has 1 aromatic heterocycles. The zero-order valence-electron chi connectivity index (χ0n) is 6.19. The Morgan fingerprint density at radius 1 is 1.64 bits per heavy atom. The van der Waals surface area contributed by atoms with E-state index >= 15 is 0 Å². The normalized spacial score (nSPS) is 16.8. The summed E-state index contributed by atoms with van der Waals surface area (Å²) in [4.78, 5) is 12.5. The predicted molar refractivity (Wildman–Crippen MR) is 35.9 cm³/mol. The van der Waals surface area contributed by atoms with E-state index in [-0.39, 0.29) is 17.5 Å². The molecule has 1 aliphatic rings. The van der Waals surface area contributed by atoms with Crippen LogP contribution in [0.4, 0.5) is 0 Å². The Bertz CT molecular complexity index is 289. The van der Waals surface area contributed by atoms with Gasteiger partial charge in [0.15, 0.2) is 0 Å². The first-order chi connectivity index (χ1) is 5.27. The Kier molecular flexibility index (Phi) is 1.24. The number of carbonyl (C=O) groups is 1. The summed E-state index contributed by atoms with van der Waals surface area (Å²) >= 11 is 0. The molecule has 0 aromatic carbocycles. The average Bonchev–Trinajstić information content (AvgIpc) is 2.74. The van der Waals surface area contributed by atoms with Crippen LogP contribution >= 0.6 is 0 Å². The summed E-state index contributed by atoms with van der Waals surface area (Å²) in [6.45, 7) is 0. The molecule has 0 radical (unpaired) electrons. The Morgan fingerprint density at radius 2 is 2.36 bits per heavy atom. The van der Waals surface area contributed by atoms with E-state index in [1.807, 2.05) is 0 Å². The van der Waals surface area contributed by atoms with Crippen molar-refractivity contribution in [3.8, 4) is 0 Å². The lowest BCUT2D eigenvalue weighted by molar-refractivity contribution is 0.0957. The minimum Gasteiger partial charge on any atom is -0.290 e. The maximum absolute atomic E-state index is 11.2. The molecule has 1 aliphatic carbocycles. The number of tetrazole rings is 1. The van der Waals surface area contributed by atoms with Gasteiger partial charge in [-0.05, 0) is 18.1 Å². The molecule has 1 aromatic rings. The monoisotopic (exact) mass is 152 g/mol. The molecule has 58 valence electrons. The maximum atomic E-state index is 11.2. The van der Waals surface area contributed by atoms with Gasteiger partial charge in [-0.1, -0.05) is 0 Å². The molecule has 5 heteroatoms. The molecule has 0 atom stereocenters. The molecule has 0 bridgehead atoms. The van der Waals surface area contributed by atoms with E-state index in [2.05, 4.69) is 15.4 Å². The summed E-state index contributed by atoms with van der Waals surface area (Å²) in [6, 6.07) is 0. The first kappa shape index (κ1) is 6.45. The average molecular weight is 152 g/mol. The van der Waals surface area contributed by atoms with Gasteiger partial charge in [0, 0.05) is 5.92 Å². The summed E-state index contributed by atoms with van der Waals surface area (Å²) in [5.41, 5.74) is 0. The largest absolute Gasteiger partial charge is 0.290 e. The molecule has 1 fully saturated rings. The summed E-state index contributed by atoms with van der Waals surface area (Å²) in [5.74, 6) is 0.479. The van der Waals surface area contributed by atoms with Crippen LogP contribution in [0.3, 0.4) is 0 Å². The van der Waals surface area contributed by atoms with Crippen molar-refractivity contribution in [1.29, 1.82) is 0 Å². The quantitative estimate of drug-likeness (QED) is 0.551. The highest BCUT2D eigenvalue weighted by atomic mass is 16.1. The van der Waals surface area contributed by atoms with Crippen molar-refractivity contribution in [1.82, 2.24) is 20.2 Å². The zero-order valence-corrected chi connectivity index (χ0v) is 6.19. The van der Waals surface area contributed by atoms with Crippen molar-refractivity contribution in [2.75, 3.05) is 0 Å². The predicted octanol–water partition coefficient (Wildman–Crippen LogP) is -0.197. The third-order valence-electron chi connectivity index (χ3n) is 1.68. The lowest BCUT2D eigenvalue weighted by Crippen LogP contribution is -2.04. The van der Waals surface area contributed by atoms with E-state index in [4.69, 9.17) is 0 Å². The fraction of sp³-hybridized carbons (Fsp3) is 0.667. The number of hydrogen-bond acceptors (Lipinski definition) is 4. The zero-order chi connectivity index (χ0) is 7.84. The van der Waals surface area contributed by atoms with Crippen molar-refractivity contribution in [2.24, 2.45) is 13.0 Å².